The highest BCUT2D eigenvalue weighted by atomic mass is 32.1. The number of fused-ring (bicyclic) bond motifs is 3. The highest BCUT2D eigenvalue weighted by Gasteiger charge is 2.54. The van der Waals surface area contributed by atoms with Crippen molar-refractivity contribution in [2.75, 3.05) is 0 Å². The summed E-state index contributed by atoms with van der Waals surface area (Å²) in [4.78, 5) is 13.1. The zero-order chi connectivity index (χ0) is 19.8. The molecule has 5 nitrogen and oxygen atoms in total. The minimum Gasteiger partial charge on any atom is -0.375 e. The van der Waals surface area contributed by atoms with E-state index in [1.807, 2.05) is 0 Å². The highest BCUT2D eigenvalue weighted by molar-refractivity contribution is 7.80. The second-order valence-corrected chi connectivity index (χ2v) is 9.36. The van der Waals surface area contributed by atoms with Gasteiger partial charge in [0, 0.05) is 0 Å². The van der Waals surface area contributed by atoms with Gasteiger partial charge in [-0.3, -0.25) is 15.6 Å². The van der Waals surface area contributed by atoms with Crippen molar-refractivity contribution in [2.24, 2.45) is 17.1 Å². The maximum atomic E-state index is 13.1. The number of hydrazine groups is 2. The van der Waals surface area contributed by atoms with Crippen molar-refractivity contribution in [3.63, 3.8) is 0 Å². The molecular formula is C21H32N4OS. The number of benzene rings is 1. The van der Waals surface area contributed by atoms with E-state index in [1.165, 1.54) is 16.7 Å². The minimum atomic E-state index is -0.424. The van der Waals surface area contributed by atoms with Gasteiger partial charge in [-0.2, -0.15) is 0 Å². The van der Waals surface area contributed by atoms with Gasteiger partial charge < -0.3 is 5.73 Å². The van der Waals surface area contributed by atoms with Crippen LogP contribution < -0.4 is 22.1 Å². The van der Waals surface area contributed by atoms with Crippen LogP contribution in [0.2, 0.25) is 0 Å². The fourth-order valence-corrected chi connectivity index (χ4v) is 5.49. The molecule has 0 heterocycles. The lowest BCUT2D eigenvalue weighted by Crippen LogP contribution is -2.60. The fourth-order valence-electron chi connectivity index (χ4n) is 5.43. The number of hydrogen-bond donors (Lipinski definition) is 4. The van der Waals surface area contributed by atoms with E-state index in [-0.39, 0.29) is 16.4 Å². The zero-order valence-corrected chi connectivity index (χ0v) is 17.6. The first-order chi connectivity index (χ1) is 12.7. The summed E-state index contributed by atoms with van der Waals surface area (Å²) < 4.78 is 0. The van der Waals surface area contributed by atoms with Crippen molar-refractivity contribution >= 4 is 23.2 Å². The summed E-state index contributed by atoms with van der Waals surface area (Å²) >= 11 is 4.77. The van der Waals surface area contributed by atoms with Gasteiger partial charge in [0.05, 0.1) is 5.41 Å². The zero-order valence-electron chi connectivity index (χ0n) is 16.8. The Morgan fingerprint density at radius 3 is 2.67 bits per heavy atom. The Morgan fingerprint density at radius 2 is 2.00 bits per heavy atom. The topological polar surface area (TPSA) is 79.2 Å². The molecule has 27 heavy (non-hydrogen) atoms. The number of carbonyl (C=O) groups excluding carboxylic acids is 1. The van der Waals surface area contributed by atoms with E-state index in [0.29, 0.717) is 11.8 Å². The fraction of sp³-hybridized carbons (Fsp3) is 0.619. The Bertz CT molecular complexity index is 750. The Kier molecular flexibility index (Phi) is 5.50. The van der Waals surface area contributed by atoms with E-state index in [4.69, 9.17) is 18.0 Å². The molecule has 0 spiro atoms. The first kappa shape index (κ1) is 20.1. The van der Waals surface area contributed by atoms with Crippen LogP contribution in [0.25, 0.3) is 0 Å². The molecular weight excluding hydrogens is 356 g/mol. The monoisotopic (exact) mass is 388 g/mol. The molecule has 1 aromatic rings. The van der Waals surface area contributed by atoms with E-state index < -0.39 is 5.41 Å². The summed E-state index contributed by atoms with van der Waals surface area (Å²) in [6.45, 7) is 8.95. The van der Waals surface area contributed by atoms with Gasteiger partial charge >= 0.3 is 0 Å². The van der Waals surface area contributed by atoms with Gasteiger partial charge in [-0.05, 0) is 71.8 Å². The lowest BCUT2D eigenvalue weighted by molar-refractivity contribution is -0.140. The van der Waals surface area contributed by atoms with E-state index in [0.717, 1.165) is 32.1 Å². The van der Waals surface area contributed by atoms with Crippen molar-refractivity contribution in [3.05, 3.63) is 34.9 Å². The second kappa shape index (κ2) is 7.40. The maximum Gasteiger partial charge on any atom is 0.241 e. The molecule has 0 aromatic heterocycles. The summed E-state index contributed by atoms with van der Waals surface area (Å²) in [6, 6.07) is 6.99. The van der Waals surface area contributed by atoms with Crippen molar-refractivity contribution in [3.8, 4) is 0 Å². The van der Waals surface area contributed by atoms with Crippen LogP contribution in [0.4, 0.5) is 0 Å². The van der Waals surface area contributed by atoms with Crippen LogP contribution in [-0.2, 0) is 16.6 Å². The minimum absolute atomic E-state index is 0.00410. The Balaban J connectivity index is 1.88. The van der Waals surface area contributed by atoms with Gasteiger partial charge in [-0.25, -0.2) is 0 Å². The maximum absolute atomic E-state index is 13.1. The van der Waals surface area contributed by atoms with Crippen LogP contribution >= 0.6 is 12.2 Å². The lowest BCUT2D eigenvalue weighted by Gasteiger charge is -2.54. The van der Waals surface area contributed by atoms with E-state index in [2.05, 4.69) is 62.3 Å². The predicted octanol–water partition coefficient (Wildman–Crippen LogP) is 3.19. The molecule has 0 radical (unpaired) electrons. The largest absolute Gasteiger partial charge is 0.375 e. The third-order valence-corrected chi connectivity index (χ3v) is 7.03. The average Bonchev–Trinajstić information content (AvgIpc) is 2.60. The molecule has 2 aliphatic rings. The number of hydrogen-bond acceptors (Lipinski definition) is 3. The van der Waals surface area contributed by atoms with Crippen LogP contribution in [0.15, 0.2) is 18.2 Å². The summed E-state index contributed by atoms with van der Waals surface area (Å²) in [5, 5.41) is 0.0986. The SMILES string of the molecule is CC(C)c1ccc2c(c1)CC[C@H]1[C@](C)(C(=O)NNNC(N)=S)CCC[C@]21C. The van der Waals surface area contributed by atoms with Crippen LogP contribution in [0.5, 0.6) is 0 Å². The molecule has 1 amide bonds. The summed E-state index contributed by atoms with van der Waals surface area (Å²) in [6.07, 6.45) is 5.15. The molecule has 2 aliphatic carbocycles. The molecule has 6 heteroatoms. The van der Waals surface area contributed by atoms with Crippen molar-refractivity contribution < 1.29 is 4.79 Å². The van der Waals surface area contributed by atoms with Crippen LogP contribution in [0, 0.1) is 11.3 Å². The Labute approximate surface area is 167 Å². The molecule has 1 fully saturated rings. The first-order valence-corrected chi connectivity index (χ1v) is 10.3. The van der Waals surface area contributed by atoms with Crippen LogP contribution in [-0.4, -0.2) is 11.0 Å². The standard InChI is InChI=1S/C21H32N4OS/c1-13(2)14-6-8-16-15(12-14)7-9-17-20(16,3)10-5-11-21(17,4)18(26)23-25-24-19(22)27/h6,8,12-13,17,25H,5,7,9-11H2,1-4H3,(H,23,26)(H3,22,24,27)/t17-,20-,21-/m1/s1. The quantitative estimate of drug-likeness (QED) is 0.471. The Hall–Kier alpha value is -1.66. The van der Waals surface area contributed by atoms with Crippen molar-refractivity contribution in [1.82, 2.24) is 16.4 Å². The van der Waals surface area contributed by atoms with Gasteiger partial charge in [-0.15, -0.1) is 5.53 Å². The summed E-state index contributed by atoms with van der Waals surface area (Å²) in [7, 11) is 0. The highest BCUT2D eigenvalue weighted by Crippen LogP contribution is 2.57. The molecule has 0 unspecified atom stereocenters. The smallest absolute Gasteiger partial charge is 0.241 e. The number of carbonyl (C=O) groups is 1. The Morgan fingerprint density at radius 1 is 1.26 bits per heavy atom. The van der Waals surface area contributed by atoms with E-state index >= 15 is 0 Å². The van der Waals surface area contributed by atoms with Crippen LogP contribution in [0.1, 0.15) is 76.0 Å². The van der Waals surface area contributed by atoms with E-state index in [9.17, 15) is 4.79 Å². The molecule has 0 bridgehead atoms. The first-order valence-electron chi connectivity index (χ1n) is 9.92. The number of amides is 1. The molecule has 0 saturated heterocycles. The second-order valence-electron chi connectivity index (χ2n) is 8.92. The van der Waals surface area contributed by atoms with Gasteiger partial charge in [0.2, 0.25) is 5.91 Å². The van der Waals surface area contributed by atoms with Crippen molar-refractivity contribution in [2.45, 2.75) is 71.1 Å². The molecule has 3 atom stereocenters. The molecule has 0 aliphatic heterocycles. The van der Waals surface area contributed by atoms with Gasteiger partial charge in [0.15, 0.2) is 5.11 Å². The predicted molar refractivity (Wildman–Crippen MR) is 113 cm³/mol. The number of aryl methyl sites for hydroxylation is 1. The normalized spacial score (nSPS) is 29.6. The number of rotatable bonds is 4. The molecule has 3 rings (SSSR count). The van der Waals surface area contributed by atoms with Gasteiger partial charge in [-0.1, -0.05) is 52.3 Å². The number of nitrogens with one attached hydrogen (secondary N) is 3. The third-order valence-electron chi connectivity index (χ3n) is 6.92. The van der Waals surface area contributed by atoms with Crippen molar-refractivity contribution in [1.29, 1.82) is 0 Å². The number of nitrogens with two attached hydrogens (primary N) is 1. The molecule has 148 valence electrons. The molecule has 5 N–H and O–H groups in total. The molecule has 1 aromatic carbocycles. The summed E-state index contributed by atoms with van der Waals surface area (Å²) in [5.41, 5.74) is 17.3. The van der Waals surface area contributed by atoms with Gasteiger partial charge in [0.25, 0.3) is 0 Å². The van der Waals surface area contributed by atoms with E-state index in [1.54, 1.807) is 0 Å². The average molecular weight is 389 g/mol. The van der Waals surface area contributed by atoms with Gasteiger partial charge in [0.1, 0.15) is 0 Å². The lowest BCUT2D eigenvalue weighted by atomic mass is 9.49. The van der Waals surface area contributed by atoms with Crippen LogP contribution in [0.3, 0.4) is 0 Å². The molecule has 1 saturated carbocycles. The number of thiocarbonyl (C=S) groups is 1. The third kappa shape index (κ3) is 3.57. The summed E-state index contributed by atoms with van der Waals surface area (Å²) in [5.74, 6) is 0.850.